The van der Waals surface area contributed by atoms with Crippen molar-refractivity contribution in [1.29, 1.82) is 0 Å². The number of carbonyl (C=O) groups is 1. The van der Waals surface area contributed by atoms with Gasteiger partial charge in [0.2, 0.25) is 0 Å². The number of halogens is 1. The number of fused-ring (bicyclic) bond motifs is 2. The SMILES string of the molecule is O=C(/N=C1/N=C2C=CC(Br)=CN2Cc2ccccc21)Nc1ccccc1. The Kier molecular flexibility index (Phi) is 4.50. The van der Waals surface area contributed by atoms with Gasteiger partial charge in [0.1, 0.15) is 5.84 Å². The largest absolute Gasteiger partial charge is 0.347 e. The van der Waals surface area contributed by atoms with Gasteiger partial charge in [-0.25, -0.2) is 9.79 Å². The van der Waals surface area contributed by atoms with E-state index in [9.17, 15) is 4.79 Å². The molecule has 0 aliphatic carbocycles. The van der Waals surface area contributed by atoms with Gasteiger partial charge in [0, 0.05) is 28.5 Å². The van der Waals surface area contributed by atoms with Gasteiger partial charge in [-0.15, -0.1) is 0 Å². The predicted octanol–water partition coefficient (Wildman–Crippen LogP) is 4.69. The topological polar surface area (TPSA) is 57.1 Å². The Morgan fingerprint density at radius 2 is 1.85 bits per heavy atom. The minimum Gasteiger partial charge on any atom is -0.327 e. The highest BCUT2D eigenvalue weighted by atomic mass is 79.9. The van der Waals surface area contributed by atoms with Crippen molar-refractivity contribution in [3.8, 4) is 0 Å². The molecular weight excluding hydrogens is 392 g/mol. The van der Waals surface area contributed by atoms with Crippen molar-refractivity contribution < 1.29 is 4.79 Å². The second kappa shape index (κ2) is 7.09. The maximum absolute atomic E-state index is 12.4. The fraction of sp³-hybridized carbons (Fsp3) is 0.0500. The number of hydrogen-bond donors (Lipinski definition) is 1. The number of nitrogens with zero attached hydrogens (tertiary/aromatic N) is 3. The van der Waals surface area contributed by atoms with Gasteiger partial charge < -0.3 is 10.2 Å². The number of anilines is 1. The van der Waals surface area contributed by atoms with E-state index in [2.05, 4.69) is 31.2 Å². The third-order valence-corrected chi connectivity index (χ3v) is 4.49. The van der Waals surface area contributed by atoms with Crippen LogP contribution in [0.1, 0.15) is 11.1 Å². The number of para-hydroxylation sites is 1. The first-order valence-corrected chi connectivity index (χ1v) is 8.92. The van der Waals surface area contributed by atoms with Crippen molar-refractivity contribution in [2.24, 2.45) is 9.98 Å². The molecule has 0 unspecified atom stereocenters. The highest BCUT2D eigenvalue weighted by molar-refractivity contribution is 9.11. The van der Waals surface area contributed by atoms with E-state index in [0.29, 0.717) is 18.1 Å². The van der Waals surface area contributed by atoms with Crippen LogP contribution in [-0.4, -0.2) is 22.6 Å². The third kappa shape index (κ3) is 3.50. The molecule has 2 aliphatic rings. The van der Waals surface area contributed by atoms with Crippen molar-refractivity contribution >= 4 is 39.3 Å². The molecule has 0 fully saturated rings. The van der Waals surface area contributed by atoms with Crippen molar-refractivity contribution in [1.82, 2.24) is 4.90 Å². The van der Waals surface area contributed by atoms with Crippen LogP contribution in [-0.2, 0) is 6.54 Å². The summed E-state index contributed by atoms with van der Waals surface area (Å²) in [5.41, 5.74) is 2.61. The molecule has 0 bridgehead atoms. The van der Waals surface area contributed by atoms with E-state index in [4.69, 9.17) is 0 Å². The zero-order valence-electron chi connectivity index (χ0n) is 13.8. The molecule has 6 heteroatoms. The van der Waals surface area contributed by atoms with E-state index < -0.39 is 6.03 Å². The average Bonchev–Trinajstić information content (AvgIpc) is 2.79. The van der Waals surface area contributed by atoms with E-state index >= 15 is 0 Å². The van der Waals surface area contributed by atoms with Crippen LogP contribution in [0.5, 0.6) is 0 Å². The van der Waals surface area contributed by atoms with Crippen LogP contribution < -0.4 is 5.32 Å². The van der Waals surface area contributed by atoms with Crippen LogP contribution in [0, 0.1) is 0 Å². The monoisotopic (exact) mass is 406 g/mol. The molecular formula is C20H15BrN4O. The quantitative estimate of drug-likeness (QED) is 0.746. The zero-order chi connectivity index (χ0) is 17.9. The molecule has 0 saturated heterocycles. The molecule has 2 aromatic carbocycles. The Labute approximate surface area is 159 Å². The van der Waals surface area contributed by atoms with Gasteiger partial charge >= 0.3 is 6.03 Å². The molecule has 0 radical (unpaired) electrons. The summed E-state index contributed by atoms with van der Waals surface area (Å²) >= 11 is 3.49. The lowest BCUT2D eigenvalue weighted by Gasteiger charge is -2.21. The van der Waals surface area contributed by atoms with Crippen LogP contribution in [0.15, 0.2) is 87.4 Å². The second-order valence-electron chi connectivity index (χ2n) is 5.83. The predicted molar refractivity (Wildman–Crippen MR) is 108 cm³/mol. The summed E-state index contributed by atoms with van der Waals surface area (Å²) in [5, 5.41) is 2.77. The first-order valence-electron chi connectivity index (χ1n) is 8.13. The number of allylic oxidation sites excluding steroid dienone is 2. The van der Waals surface area contributed by atoms with Crippen LogP contribution >= 0.6 is 15.9 Å². The minimum absolute atomic E-state index is 0.405. The van der Waals surface area contributed by atoms with Gasteiger partial charge in [0.05, 0.1) is 0 Å². The lowest BCUT2D eigenvalue weighted by atomic mass is 10.1. The number of aliphatic imine (C=N–C) groups is 2. The summed E-state index contributed by atoms with van der Waals surface area (Å²) in [5.74, 6) is 1.15. The zero-order valence-corrected chi connectivity index (χ0v) is 15.3. The van der Waals surface area contributed by atoms with Gasteiger partial charge in [-0.1, -0.05) is 42.5 Å². The first-order chi connectivity index (χ1) is 12.7. The summed E-state index contributed by atoms with van der Waals surface area (Å²) in [7, 11) is 0. The van der Waals surface area contributed by atoms with E-state index in [-0.39, 0.29) is 0 Å². The molecule has 2 aromatic rings. The molecule has 0 aromatic heterocycles. The minimum atomic E-state index is -0.449. The van der Waals surface area contributed by atoms with Gasteiger partial charge in [-0.2, -0.15) is 4.99 Å². The summed E-state index contributed by atoms with van der Waals surface area (Å²) in [6, 6.07) is 16.7. The molecule has 2 aliphatic heterocycles. The summed E-state index contributed by atoms with van der Waals surface area (Å²) in [6.45, 7) is 0.660. The first kappa shape index (κ1) is 16.5. The molecule has 0 spiro atoms. The maximum Gasteiger partial charge on any atom is 0.347 e. The van der Waals surface area contributed by atoms with Crippen LogP contribution in [0.3, 0.4) is 0 Å². The van der Waals surface area contributed by atoms with E-state index in [1.165, 1.54) is 0 Å². The van der Waals surface area contributed by atoms with E-state index in [1.54, 1.807) is 0 Å². The number of benzene rings is 2. The smallest absolute Gasteiger partial charge is 0.327 e. The van der Waals surface area contributed by atoms with E-state index in [1.807, 2.05) is 77.8 Å². The summed E-state index contributed by atoms with van der Waals surface area (Å²) in [6.07, 6.45) is 5.80. The Morgan fingerprint density at radius 1 is 1.08 bits per heavy atom. The third-order valence-electron chi connectivity index (χ3n) is 4.02. The van der Waals surface area contributed by atoms with Crippen molar-refractivity contribution in [2.75, 3.05) is 5.32 Å². The Balaban J connectivity index is 1.72. The highest BCUT2D eigenvalue weighted by Crippen LogP contribution is 2.23. The molecule has 1 N–H and O–H groups in total. The van der Waals surface area contributed by atoms with Gasteiger partial charge in [0.15, 0.2) is 5.84 Å². The number of amides is 2. The molecule has 4 rings (SSSR count). The van der Waals surface area contributed by atoms with Crippen LogP contribution in [0.25, 0.3) is 0 Å². The number of urea groups is 1. The number of hydrogen-bond acceptors (Lipinski definition) is 2. The van der Waals surface area contributed by atoms with E-state index in [0.717, 1.165) is 21.4 Å². The van der Waals surface area contributed by atoms with Gasteiger partial charge in [0.25, 0.3) is 0 Å². The Bertz CT molecular complexity index is 976. The number of carbonyl (C=O) groups excluding carboxylic acids is 1. The molecule has 26 heavy (non-hydrogen) atoms. The van der Waals surface area contributed by atoms with Crippen molar-refractivity contribution in [3.63, 3.8) is 0 Å². The lowest BCUT2D eigenvalue weighted by molar-refractivity contribution is 0.259. The number of rotatable bonds is 1. The summed E-state index contributed by atoms with van der Waals surface area (Å²) in [4.78, 5) is 23.3. The standard InChI is InChI=1S/C20H15BrN4O/c21-15-10-11-18-23-19(24-20(26)22-16-7-2-1-3-8-16)17-9-5-4-6-14(17)12-25(18)13-15/h1-11,13H,12H2,(H,22,26)/b24-19+. The molecule has 5 nitrogen and oxygen atoms in total. The Morgan fingerprint density at radius 3 is 2.69 bits per heavy atom. The molecule has 0 atom stereocenters. The molecule has 128 valence electrons. The number of amidine groups is 2. The van der Waals surface area contributed by atoms with Crippen molar-refractivity contribution in [2.45, 2.75) is 6.54 Å². The van der Waals surface area contributed by atoms with Crippen LogP contribution in [0.4, 0.5) is 10.5 Å². The molecule has 2 amide bonds. The fourth-order valence-electron chi connectivity index (χ4n) is 2.82. The van der Waals surface area contributed by atoms with Gasteiger partial charge in [-0.3, -0.25) is 0 Å². The molecule has 0 saturated carbocycles. The average molecular weight is 407 g/mol. The normalized spacial score (nSPS) is 17.0. The molecule has 2 heterocycles. The summed E-state index contributed by atoms with van der Waals surface area (Å²) < 4.78 is 0.969. The lowest BCUT2D eigenvalue weighted by Crippen LogP contribution is -2.25. The maximum atomic E-state index is 12.4. The number of nitrogens with one attached hydrogen (secondary N) is 1. The second-order valence-corrected chi connectivity index (χ2v) is 6.75. The van der Waals surface area contributed by atoms with Gasteiger partial charge in [-0.05, 0) is 45.8 Å². The van der Waals surface area contributed by atoms with Crippen molar-refractivity contribution in [3.05, 3.63) is 88.6 Å². The Hall–Kier alpha value is -2.99. The fourth-order valence-corrected chi connectivity index (χ4v) is 3.20. The highest BCUT2D eigenvalue weighted by Gasteiger charge is 2.21. The van der Waals surface area contributed by atoms with Crippen LogP contribution in [0.2, 0.25) is 0 Å².